The van der Waals surface area contributed by atoms with Gasteiger partial charge in [-0.15, -0.1) is 0 Å². The van der Waals surface area contributed by atoms with Gasteiger partial charge in [-0.05, 0) is 23.3 Å². The SMILES string of the molecule is Nc1ccc(C=CCNC(=O)OCc2ccccc2)cc1O. The Hall–Kier alpha value is -2.95. The summed E-state index contributed by atoms with van der Waals surface area (Å²) in [6, 6.07) is 14.4. The molecule has 0 aliphatic carbocycles. The van der Waals surface area contributed by atoms with Crippen LogP contribution in [0.4, 0.5) is 10.5 Å². The number of phenols is 1. The number of ether oxygens (including phenoxy) is 1. The van der Waals surface area contributed by atoms with Crippen molar-refractivity contribution in [3.63, 3.8) is 0 Å². The van der Waals surface area contributed by atoms with Crippen LogP contribution in [0, 0.1) is 0 Å². The van der Waals surface area contributed by atoms with E-state index in [2.05, 4.69) is 5.32 Å². The lowest BCUT2D eigenvalue weighted by Crippen LogP contribution is -2.24. The van der Waals surface area contributed by atoms with Crippen molar-refractivity contribution in [2.45, 2.75) is 6.61 Å². The number of nitrogens with two attached hydrogens (primary N) is 1. The van der Waals surface area contributed by atoms with Crippen LogP contribution in [0.5, 0.6) is 5.75 Å². The topological polar surface area (TPSA) is 84.6 Å². The lowest BCUT2D eigenvalue weighted by molar-refractivity contribution is 0.141. The van der Waals surface area contributed by atoms with Crippen molar-refractivity contribution in [2.75, 3.05) is 12.3 Å². The van der Waals surface area contributed by atoms with E-state index in [0.29, 0.717) is 12.2 Å². The van der Waals surface area contributed by atoms with Crippen molar-refractivity contribution < 1.29 is 14.6 Å². The first-order chi connectivity index (χ1) is 10.6. The van der Waals surface area contributed by atoms with E-state index in [1.807, 2.05) is 30.3 Å². The first-order valence-corrected chi connectivity index (χ1v) is 6.85. The van der Waals surface area contributed by atoms with Gasteiger partial charge in [-0.25, -0.2) is 4.79 Å². The number of alkyl carbamates (subject to hydrolysis) is 1. The van der Waals surface area contributed by atoms with E-state index in [9.17, 15) is 9.90 Å². The third-order valence-corrected chi connectivity index (χ3v) is 2.94. The van der Waals surface area contributed by atoms with Crippen LogP contribution < -0.4 is 11.1 Å². The van der Waals surface area contributed by atoms with Gasteiger partial charge in [0, 0.05) is 6.54 Å². The molecule has 0 radical (unpaired) electrons. The zero-order valence-electron chi connectivity index (χ0n) is 12.0. The van der Waals surface area contributed by atoms with Gasteiger partial charge in [-0.3, -0.25) is 0 Å². The highest BCUT2D eigenvalue weighted by Crippen LogP contribution is 2.21. The van der Waals surface area contributed by atoms with Crippen LogP contribution in [-0.2, 0) is 11.3 Å². The molecule has 0 aliphatic heterocycles. The molecular weight excluding hydrogens is 280 g/mol. The zero-order chi connectivity index (χ0) is 15.8. The summed E-state index contributed by atoms with van der Waals surface area (Å²) in [5, 5.41) is 12.1. The third kappa shape index (κ3) is 4.86. The van der Waals surface area contributed by atoms with Gasteiger partial charge in [0.15, 0.2) is 0 Å². The molecule has 0 unspecified atom stereocenters. The van der Waals surface area contributed by atoms with Gasteiger partial charge in [0.25, 0.3) is 0 Å². The van der Waals surface area contributed by atoms with Gasteiger partial charge in [-0.1, -0.05) is 48.6 Å². The number of phenolic OH excluding ortho intramolecular Hbond substituents is 1. The van der Waals surface area contributed by atoms with Crippen LogP contribution in [0.25, 0.3) is 6.08 Å². The van der Waals surface area contributed by atoms with E-state index in [4.69, 9.17) is 10.5 Å². The Kier molecular flexibility index (Phi) is 5.43. The standard InChI is InChI=1S/C17H18N2O3/c18-15-9-8-13(11-16(15)20)7-4-10-19-17(21)22-12-14-5-2-1-3-6-14/h1-9,11,20H,10,12,18H2,(H,19,21). The summed E-state index contributed by atoms with van der Waals surface area (Å²) in [5.41, 5.74) is 7.58. The largest absolute Gasteiger partial charge is 0.506 e. The molecule has 0 heterocycles. The van der Waals surface area contributed by atoms with E-state index >= 15 is 0 Å². The molecule has 0 spiro atoms. The fourth-order valence-corrected chi connectivity index (χ4v) is 1.78. The maximum atomic E-state index is 11.5. The minimum absolute atomic E-state index is 0.0392. The Morgan fingerprint density at radius 1 is 1.23 bits per heavy atom. The predicted octanol–water partition coefficient (Wildman–Crippen LogP) is 2.91. The number of nitrogen functional groups attached to an aromatic ring is 1. The Morgan fingerprint density at radius 2 is 2.00 bits per heavy atom. The van der Waals surface area contributed by atoms with Crippen LogP contribution in [0.15, 0.2) is 54.6 Å². The number of rotatable bonds is 5. The average Bonchev–Trinajstić information content (AvgIpc) is 2.54. The van der Waals surface area contributed by atoms with Gasteiger partial charge >= 0.3 is 6.09 Å². The van der Waals surface area contributed by atoms with Crippen molar-refractivity contribution in [1.29, 1.82) is 0 Å². The van der Waals surface area contributed by atoms with Gasteiger partial charge < -0.3 is 20.9 Å². The van der Waals surface area contributed by atoms with Gasteiger partial charge in [-0.2, -0.15) is 0 Å². The molecule has 0 fully saturated rings. The van der Waals surface area contributed by atoms with Crippen LogP contribution in [0.2, 0.25) is 0 Å². The molecule has 5 nitrogen and oxygen atoms in total. The van der Waals surface area contributed by atoms with Gasteiger partial charge in [0.1, 0.15) is 12.4 Å². The summed E-state index contributed by atoms with van der Waals surface area (Å²) in [5.74, 6) is 0.0392. The normalized spacial score (nSPS) is 10.5. The van der Waals surface area contributed by atoms with Crippen molar-refractivity contribution >= 4 is 17.9 Å². The molecule has 0 saturated heterocycles. The maximum Gasteiger partial charge on any atom is 0.407 e. The van der Waals surface area contributed by atoms with Crippen LogP contribution in [-0.4, -0.2) is 17.7 Å². The molecule has 5 heteroatoms. The van der Waals surface area contributed by atoms with E-state index < -0.39 is 6.09 Å². The monoisotopic (exact) mass is 298 g/mol. The van der Waals surface area contributed by atoms with Crippen molar-refractivity contribution in [2.24, 2.45) is 0 Å². The Labute approximate surface area is 129 Å². The van der Waals surface area contributed by atoms with Crippen LogP contribution in [0.3, 0.4) is 0 Å². The molecule has 2 rings (SSSR count). The molecule has 0 aliphatic rings. The van der Waals surface area contributed by atoms with E-state index in [1.54, 1.807) is 30.4 Å². The second-order valence-corrected chi connectivity index (χ2v) is 4.66. The summed E-state index contributed by atoms with van der Waals surface area (Å²) in [7, 11) is 0. The Morgan fingerprint density at radius 3 is 2.73 bits per heavy atom. The lowest BCUT2D eigenvalue weighted by Gasteiger charge is -2.05. The number of anilines is 1. The van der Waals surface area contributed by atoms with Crippen molar-refractivity contribution in [3.05, 3.63) is 65.7 Å². The maximum absolute atomic E-state index is 11.5. The molecule has 2 aromatic carbocycles. The fraction of sp³-hybridized carbons (Fsp3) is 0.118. The zero-order valence-corrected chi connectivity index (χ0v) is 12.0. The van der Waals surface area contributed by atoms with Crippen molar-refractivity contribution in [1.82, 2.24) is 5.32 Å². The molecule has 0 atom stereocenters. The number of aromatic hydroxyl groups is 1. The highest BCUT2D eigenvalue weighted by molar-refractivity contribution is 5.67. The summed E-state index contributed by atoms with van der Waals surface area (Å²) in [6.07, 6.45) is 3.06. The third-order valence-electron chi connectivity index (χ3n) is 2.94. The summed E-state index contributed by atoms with van der Waals surface area (Å²) >= 11 is 0. The number of hydrogen-bond acceptors (Lipinski definition) is 4. The first kappa shape index (κ1) is 15.4. The second-order valence-electron chi connectivity index (χ2n) is 4.66. The number of hydrogen-bond donors (Lipinski definition) is 3. The molecule has 1 amide bonds. The van der Waals surface area contributed by atoms with Crippen molar-refractivity contribution in [3.8, 4) is 5.75 Å². The molecule has 114 valence electrons. The molecule has 0 aromatic heterocycles. The lowest BCUT2D eigenvalue weighted by atomic mass is 10.2. The Bertz CT molecular complexity index is 654. The number of benzene rings is 2. The molecule has 0 saturated carbocycles. The van der Waals surface area contributed by atoms with Gasteiger partial charge in [0.2, 0.25) is 0 Å². The average molecular weight is 298 g/mol. The number of nitrogens with one attached hydrogen (secondary N) is 1. The number of carbonyl (C=O) groups excluding carboxylic acids is 1. The summed E-state index contributed by atoms with van der Waals surface area (Å²) in [4.78, 5) is 11.5. The van der Waals surface area contributed by atoms with E-state index in [0.717, 1.165) is 11.1 Å². The fourth-order valence-electron chi connectivity index (χ4n) is 1.78. The molecular formula is C17H18N2O3. The van der Waals surface area contributed by atoms with E-state index in [1.165, 1.54) is 0 Å². The summed E-state index contributed by atoms with van der Waals surface area (Å²) < 4.78 is 5.07. The highest BCUT2D eigenvalue weighted by atomic mass is 16.5. The summed E-state index contributed by atoms with van der Waals surface area (Å²) in [6.45, 7) is 0.570. The van der Waals surface area contributed by atoms with Crippen LogP contribution in [0.1, 0.15) is 11.1 Å². The highest BCUT2D eigenvalue weighted by Gasteiger charge is 2.00. The quantitative estimate of drug-likeness (QED) is 0.585. The number of carbonyl (C=O) groups is 1. The van der Waals surface area contributed by atoms with E-state index in [-0.39, 0.29) is 12.4 Å². The first-order valence-electron chi connectivity index (χ1n) is 6.85. The molecule has 4 N–H and O–H groups in total. The Balaban J connectivity index is 1.72. The smallest absolute Gasteiger partial charge is 0.407 e. The van der Waals surface area contributed by atoms with Crippen LogP contribution >= 0.6 is 0 Å². The molecule has 2 aromatic rings. The minimum Gasteiger partial charge on any atom is -0.506 e. The molecule has 22 heavy (non-hydrogen) atoms. The second kappa shape index (κ2) is 7.73. The minimum atomic E-state index is -0.478. The number of amides is 1. The van der Waals surface area contributed by atoms with Gasteiger partial charge in [0.05, 0.1) is 5.69 Å². The molecule has 0 bridgehead atoms. The predicted molar refractivity (Wildman–Crippen MR) is 86.2 cm³/mol.